The zero-order valence-electron chi connectivity index (χ0n) is 22.0. The van der Waals surface area contributed by atoms with Gasteiger partial charge in [-0.15, -0.1) is 0 Å². The molecule has 1 aliphatic rings. The molecule has 1 saturated carbocycles. The molecule has 37 heavy (non-hydrogen) atoms. The van der Waals surface area contributed by atoms with Gasteiger partial charge in [0.2, 0.25) is 21.8 Å². The van der Waals surface area contributed by atoms with Gasteiger partial charge < -0.3 is 10.2 Å². The molecule has 3 rings (SSSR count). The third kappa shape index (κ3) is 8.28. The molecule has 7 nitrogen and oxygen atoms in total. The molecule has 1 fully saturated rings. The van der Waals surface area contributed by atoms with E-state index in [9.17, 15) is 22.4 Å². The van der Waals surface area contributed by atoms with Crippen LogP contribution in [0.1, 0.15) is 63.0 Å². The van der Waals surface area contributed by atoms with Gasteiger partial charge in [0.1, 0.15) is 11.9 Å². The fourth-order valence-corrected chi connectivity index (χ4v) is 5.75. The second-order valence-electron chi connectivity index (χ2n) is 9.84. The van der Waals surface area contributed by atoms with E-state index in [4.69, 9.17) is 0 Å². The van der Waals surface area contributed by atoms with E-state index in [1.165, 1.54) is 28.6 Å². The summed E-state index contributed by atoms with van der Waals surface area (Å²) in [6, 6.07) is 12.6. The molecule has 0 radical (unpaired) electrons. The molecule has 0 bridgehead atoms. The zero-order valence-corrected chi connectivity index (χ0v) is 22.8. The lowest BCUT2D eigenvalue weighted by molar-refractivity contribution is -0.141. The van der Waals surface area contributed by atoms with Crippen molar-refractivity contribution in [1.29, 1.82) is 0 Å². The number of halogens is 1. The third-order valence-electron chi connectivity index (χ3n) is 6.83. The van der Waals surface area contributed by atoms with Gasteiger partial charge in [-0.05, 0) is 62.4 Å². The van der Waals surface area contributed by atoms with Gasteiger partial charge in [-0.1, -0.05) is 49.6 Å². The number of sulfonamides is 1. The van der Waals surface area contributed by atoms with Crippen molar-refractivity contribution in [2.24, 2.45) is 0 Å². The van der Waals surface area contributed by atoms with Gasteiger partial charge in [0, 0.05) is 25.6 Å². The van der Waals surface area contributed by atoms with Crippen LogP contribution in [0.15, 0.2) is 48.5 Å². The van der Waals surface area contributed by atoms with Crippen molar-refractivity contribution >= 4 is 27.5 Å². The highest BCUT2D eigenvalue weighted by Gasteiger charge is 2.30. The number of anilines is 1. The van der Waals surface area contributed by atoms with Gasteiger partial charge in [-0.2, -0.15) is 0 Å². The van der Waals surface area contributed by atoms with E-state index in [2.05, 4.69) is 5.32 Å². The van der Waals surface area contributed by atoms with Crippen molar-refractivity contribution in [1.82, 2.24) is 10.2 Å². The van der Waals surface area contributed by atoms with Crippen LogP contribution >= 0.6 is 0 Å². The highest BCUT2D eigenvalue weighted by atomic mass is 32.2. The summed E-state index contributed by atoms with van der Waals surface area (Å²) in [5, 5.41) is 3.13. The predicted octanol–water partition coefficient (Wildman–Crippen LogP) is 4.55. The maximum Gasteiger partial charge on any atom is 0.243 e. The van der Waals surface area contributed by atoms with Crippen molar-refractivity contribution in [3.8, 4) is 0 Å². The number of hydrogen-bond acceptors (Lipinski definition) is 4. The van der Waals surface area contributed by atoms with Crippen LogP contribution in [0.3, 0.4) is 0 Å². The molecular formula is C28H38FN3O4S. The highest BCUT2D eigenvalue weighted by Crippen LogP contribution is 2.21. The number of nitrogens with one attached hydrogen (secondary N) is 1. The Labute approximate surface area is 220 Å². The van der Waals surface area contributed by atoms with Crippen LogP contribution in [0.2, 0.25) is 0 Å². The molecule has 202 valence electrons. The van der Waals surface area contributed by atoms with Crippen LogP contribution in [0.4, 0.5) is 10.1 Å². The zero-order chi connectivity index (χ0) is 27.0. The molecule has 0 heterocycles. The van der Waals surface area contributed by atoms with Crippen LogP contribution in [-0.4, -0.2) is 50.0 Å². The topological polar surface area (TPSA) is 86.8 Å². The van der Waals surface area contributed by atoms with E-state index in [-0.39, 0.29) is 37.2 Å². The summed E-state index contributed by atoms with van der Waals surface area (Å²) in [5.41, 5.74) is 2.37. The summed E-state index contributed by atoms with van der Waals surface area (Å²) in [4.78, 5) is 28.3. The molecular weight excluding hydrogens is 493 g/mol. The Bertz CT molecular complexity index is 1150. The number of amides is 2. The SMILES string of the molecule is CCC(C(=O)NC1CCCC1)N(Cc1ccc(C)cc1)C(=O)CCCN(c1ccc(F)cc1)S(C)(=O)=O. The Morgan fingerprint density at radius 2 is 1.68 bits per heavy atom. The maximum atomic E-state index is 13.5. The Hall–Kier alpha value is -2.94. The number of hydrogen-bond donors (Lipinski definition) is 1. The monoisotopic (exact) mass is 531 g/mol. The van der Waals surface area contributed by atoms with Crippen molar-refractivity contribution in [2.45, 2.75) is 77.4 Å². The third-order valence-corrected chi connectivity index (χ3v) is 8.02. The lowest BCUT2D eigenvalue weighted by Gasteiger charge is -2.32. The van der Waals surface area contributed by atoms with Crippen LogP contribution in [0.25, 0.3) is 0 Å². The summed E-state index contributed by atoms with van der Waals surface area (Å²) in [5.74, 6) is -0.805. The van der Waals surface area contributed by atoms with E-state index in [1.54, 1.807) is 4.90 Å². The van der Waals surface area contributed by atoms with E-state index in [0.29, 0.717) is 18.7 Å². The molecule has 9 heteroatoms. The number of aryl methyl sites for hydroxylation is 1. The second-order valence-corrected chi connectivity index (χ2v) is 11.7. The van der Waals surface area contributed by atoms with Gasteiger partial charge in [-0.3, -0.25) is 13.9 Å². The summed E-state index contributed by atoms with van der Waals surface area (Å²) >= 11 is 0. The number of nitrogens with zero attached hydrogens (tertiary/aromatic N) is 2. The molecule has 1 aliphatic carbocycles. The first-order valence-corrected chi connectivity index (χ1v) is 14.8. The van der Waals surface area contributed by atoms with Crippen molar-refractivity contribution in [2.75, 3.05) is 17.1 Å². The molecule has 0 spiro atoms. The van der Waals surface area contributed by atoms with Crippen LogP contribution in [0, 0.1) is 12.7 Å². The molecule has 0 aliphatic heterocycles. The standard InChI is InChI=1S/C28H38FN3O4S/c1-4-26(28(34)30-24-8-5-6-9-24)31(20-22-13-11-21(2)12-14-22)27(33)10-7-19-32(37(3,35)36)25-17-15-23(29)16-18-25/h11-18,24,26H,4-10,19-20H2,1-3H3,(H,30,34). The van der Waals surface area contributed by atoms with Crippen LogP contribution < -0.4 is 9.62 Å². The summed E-state index contributed by atoms with van der Waals surface area (Å²) in [6.45, 7) is 4.25. The van der Waals surface area contributed by atoms with Crippen molar-refractivity contribution in [3.05, 3.63) is 65.5 Å². The lowest BCUT2D eigenvalue weighted by Crippen LogP contribution is -2.51. The van der Waals surface area contributed by atoms with Crippen LogP contribution in [-0.2, 0) is 26.2 Å². The molecule has 2 aromatic carbocycles. The molecule has 2 amide bonds. The van der Waals surface area contributed by atoms with Gasteiger partial charge in [-0.25, -0.2) is 12.8 Å². The smallest absolute Gasteiger partial charge is 0.243 e. The van der Waals surface area contributed by atoms with Gasteiger partial charge in [0.25, 0.3) is 0 Å². The van der Waals surface area contributed by atoms with Gasteiger partial charge in [0.05, 0.1) is 11.9 Å². The summed E-state index contributed by atoms with van der Waals surface area (Å²) in [7, 11) is -3.63. The number of benzene rings is 2. The lowest BCUT2D eigenvalue weighted by atomic mass is 10.1. The van der Waals surface area contributed by atoms with Crippen molar-refractivity contribution < 1.29 is 22.4 Å². The fourth-order valence-electron chi connectivity index (χ4n) is 4.79. The summed E-state index contributed by atoms with van der Waals surface area (Å²) < 4.78 is 39.3. The minimum absolute atomic E-state index is 0.0691. The first-order valence-electron chi connectivity index (χ1n) is 13.0. The van der Waals surface area contributed by atoms with E-state index >= 15 is 0 Å². The van der Waals surface area contributed by atoms with Gasteiger partial charge in [0.15, 0.2) is 0 Å². The Morgan fingerprint density at radius 3 is 2.24 bits per heavy atom. The van der Waals surface area contributed by atoms with E-state index in [1.807, 2.05) is 38.1 Å². The molecule has 0 saturated heterocycles. The van der Waals surface area contributed by atoms with E-state index < -0.39 is 21.9 Å². The Morgan fingerprint density at radius 1 is 1.05 bits per heavy atom. The Kier molecular flexibility index (Phi) is 10.1. The molecule has 0 aromatic heterocycles. The molecule has 2 aromatic rings. The number of rotatable bonds is 12. The first kappa shape index (κ1) is 28.6. The van der Waals surface area contributed by atoms with Crippen molar-refractivity contribution in [3.63, 3.8) is 0 Å². The molecule has 1 unspecified atom stereocenters. The predicted molar refractivity (Wildman–Crippen MR) is 144 cm³/mol. The number of carbonyl (C=O) groups excluding carboxylic acids is 2. The average Bonchev–Trinajstić information content (AvgIpc) is 3.36. The van der Waals surface area contributed by atoms with Gasteiger partial charge >= 0.3 is 0 Å². The second kappa shape index (κ2) is 13.0. The molecule has 1 atom stereocenters. The quantitative estimate of drug-likeness (QED) is 0.436. The van der Waals surface area contributed by atoms with E-state index in [0.717, 1.165) is 43.1 Å². The average molecular weight is 532 g/mol. The largest absolute Gasteiger partial charge is 0.352 e. The molecule has 1 N–H and O–H groups in total. The minimum Gasteiger partial charge on any atom is -0.352 e. The fraction of sp³-hybridized carbons (Fsp3) is 0.500. The van der Waals surface area contributed by atoms with Crippen LogP contribution in [0.5, 0.6) is 0 Å². The first-order chi connectivity index (χ1) is 17.6. The number of carbonyl (C=O) groups is 2. The summed E-state index contributed by atoms with van der Waals surface area (Å²) in [6.07, 6.45) is 6.00. The Balaban J connectivity index is 1.74. The highest BCUT2D eigenvalue weighted by molar-refractivity contribution is 7.92. The minimum atomic E-state index is -3.63. The maximum absolute atomic E-state index is 13.5. The normalized spacial score (nSPS) is 14.8.